The predicted octanol–water partition coefficient (Wildman–Crippen LogP) is 2.03. The Morgan fingerprint density at radius 3 is 2.73 bits per heavy atom. The van der Waals surface area contributed by atoms with E-state index in [1.807, 2.05) is 13.0 Å². The highest BCUT2D eigenvalue weighted by Gasteiger charge is 1.99. The summed E-state index contributed by atoms with van der Waals surface area (Å²) in [4.78, 5) is 4.09. The van der Waals surface area contributed by atoms with Gasteiger partial charge in [0.2, 0.25) is 0 Å². The van der Waals surface area contributed by atoms with Crippen LogP contribution < -0.4 is 5.73 Å². The first kappa shape index (κ1) is 10.9. The molecule has 4 heteroatoms. The van der Waals surface area contributed by atoms with Gasteiger partial charge in [0.25, 0.3) is 0 Å². The van der Waals surface area contributed by atoms with Gasteiger partial charge in [-0.25, -0.2) is 0 Å². The summed E-state index contributed by atoms with van der Waals surface area (Å²) < 4.78 is 1.03. The fourth-order valence-corrected chi connectivity index (χ4v) is 1.14. The van der Waals surface area contributed by atoms with Gasteiger partial charge in [-0.1, -0.05) is 0 Å². The molecule has 0 fully saturated rings. The number of hydrogen-bond acceptors (Lipinski definition) is 2. The van der Waals surface area contributed by atoms with E-state index >= 15 is 0 Å². The van der Waals surface area contributed by atoms with Gasteiger partial charge < -0.3 is 5.73 Å². The van der Waals surface area contributed by atoms with E-state index in [1.54, 1.807) is 6.20 Å². The maximum Gasteiger partial charge on any atom is 0.0683 e. The summed E-state index contributed by atoms with van der Waals surface area (Å²) in [7, 11) is 0. The highest BCUT2D eigenvalue weighted by molar-refractivity contribution is 9.10. The first-order valence-electron chi connectivity index (χ1n) is 3.05. The number of pyridine rings is 1. The number of aryl methyl sites for hydroxylation is 1. The number of nitrogens with zero attached hydrogens (tertiary/aromatic N) is 1. The summed E-state index contributed by atoms with van der Waals surface area (Å²) in [5, 5.41) is 0. The average Bonchev–Trinajstić information content (AvgIpc) is 1.95. The summed E-state index contributed by atoms with van der Waals surface area (Å²) in [5.41, 5.74) is 7.52. The van der Waals surface area contributed by atoms with E-state index in [1.165, 1.54) is 5.56 Å². The van der Waals surface area contributed by atoms with Crippen LogP contribution in [0.2, 0.25) is 0 Å². The molecule has 0 unspecified atom stereocenters. The van der Waals surface area contributed by atoms with Gasteiger partial charge in [0.1, 0.15) is 0 Å². The van der Waals surface area contributed by atoms with Crippen LogP contribution in [-0.4, -0.2) is 4.98 Å². The number of rotatable bonds is 1. The molecule has 0 aliphatic heterocycles. The van der Waals surface area contributed by atoms with Gasteiger partial charge in [-0.3, -0.25) is 4.98 Å². The van der Waals surface area contributed by atoms with Crippen molar-refractivity contribution in [1.82, 2.24) is 4.98 Å². The molecule has 0 amide bonds. The van der Waals surface area contributed by atoms with Gasteiger partial charge in [0.15, 0.2) is 0 Å². The van der Waals surface area contributed by atoms with Crippen LogP contribution in [0.4, 0.5) is 0 Å². The van der Waals surface area contributed by atoms with E-state index in [2.05, 4.69) is 20.9 Å². The summed E-state index contributed by atoms with van der Waals surface area (Å²) in [6.45, 7) is 2.51. The second-order valence-electron chi connectivity index (χ2n) is 2.09. The molecule has 2 nitrogen and oxygen atoms in total. The van der Waals surface area contributed by atoms with Crippen LogP contribution in [0.3, 0.4) is 0 Å². The first-order chi connectivity index (χ1) is 4.75. The van der Waals surface area contributed by atoms with Crippen LogP contribution in [0.25, 0.3) is 0 Å². The maximum absolute atomic E-state index is 5.43. The quantitative estimate of drug-likeness (QED) is 0.812. The van der Waals surface area contributed by atoms with E-state index in [-0.39, 0.29) is 12.4 Å². The Labute approximate surface area is 80.7 Å². The van der Waals surface area contributed by atoms with Gasteiger partial charge in [-0.05, 0) is 34.5 Å². The summed E-state index contributed by atoms with van der Waals surface area (Å²) >= 11 is 3.40. The summed E-state index contributed by atoms with van der Waals surface area (Å²) in [5.74, 6) is 0. The van der Waals surface area contributed by atoms with Gasteiger partial charge in [-0.15, -0.1) is 12.4 Å². The molecule has 0 spiro atoms. The van der Waals surface area contributed by atoms with Crippen molar-refractivity contribution < 1.29 is 0 Å². The summed E-state index contributed by atoms with van der Waals surface area (Å²) in [6.07, 6.45) is 1.77. The Hall–Kier alpha value is -0.120. The van der Waals surface area contributed by atoms with Crippen LogP contribution in [-0.2, 0) is 6.54 Å². The lowest BCUT2D eigenvalue weighted by atomic mass is 10.2. The molecule has 0 aromatic carbocycles. The molecule has 0 aliphatic carbocycles. The topological polar surface area (TPSA) is 38.9 Å². The zero-order valence-corrected chi connectivity index (χ0v) is 8.58. The highest BCUT2D eigenvalue weighted by atomic mass is 79.9. The van der Waals surface area contributed by atoms with Crippen molar-refractivity contribution >= 4 is 28.3 Å². The second-order valence-corrected chi connectivity index (χ2v) is 2.89. The zero-order chi connectivity index (χ0) is 7.56. The van der Waals surface area contributed by atoms with Crippen molar-refractivity contribution in [2.24, 2.45) is 5.73 Å². The Morgan fingerprint density at radius 2 is 2.27 bits per heavy atom. The lowest BCUT2D eigenvalue weighted by molar-refractivity contribution is 0.972. The SMILES string of the molecule is Cc1ccnc(CN)c1Br.Cl. The van der Waals surface area contributed by atoms with Crippen molar-refractivity contribution in [2.75, 3.05) is 0 Å². The molecule has 0 aliphatic rings. The lowest BCUT2D eigenvalue weighted by Gasteiger charge is -2.01. The van der Waals surface area contributed by atoms with Crippen molar-refractivity contribution in [3.05, 3.63) is 28.0 Å². The van der Waals surface area contributed by atoms with Crippen LogP contribution in [0.1, 0.15) is 11.3 Å². The molecule has 0 saturated heterocycles. The van der Waals surface area contributed by atoms with Crippen LogP contribution in [0, 0.1) is 6.92 Å². The second kappa shape index (κ2) is 4.70. The maximum atomic E-state index is 5.43. The molecule has 0 atom stereocenters. The monoisotopic (exact) mass is 236 g/mol. The number of hydrogen-bond donors (Lipinski definition) is 1. The number of nitrogens with two attached hydrogens (primary N) is 1. The Bertz CT molecular complexity index is 240. The van der Waals surface area contributed by atoms with Crippen LogP contribution in [0.15, 0.2) is 16.7 Å². The van der Waals surface area contributed by atoms with Crippen molar-refractivity contribution in [2.45, 2.75) is 13.5 Å². The van der Waals surface area contributed by atoms with Crippen molar-refractivity contribution in [3.8, 4) is 0 Å². The Balaban J connectivity index is 0.000001000. The van der Waals surface area contributed by atoms with E-state index < -0.39 is 0 Å². The minimum Gasteiger partial charge on any atom is -0.325 e. The van der Waals surface area contributed by atoms with Crippen molar-refractivity contribution in [3.63, 3.8) is 0 Å². The van der Waals surface area contributed by atoms with E-state index in [9.17, 15) is 0 Å². The third-order valence-electron chi connectivity index (χ3n) is 1.35. The molecule has 1 aromatic rings. The Morgan fingerprint density at radius 1 is 1.64 bits per heavy atom. The molecule has 0 saturated carbocycles. The molecule has 2 N–H and O–H groups in total. The molecular weight excluding hydrogens is 227 g/mol. The molecule has 0 radical (unpaired) electrons. The van der Waals surface area contributed by atoms with E-state index in [0.717, 1.165) is 10.2 Å². The molecule has 1 heterocycles. The molecule has 1 rings (SSSR count). The van der Waals surface area contributed by atoms with Gasteiger partial charge in [0, 0.05) is 17.2 Å². The number of aromatic nitrogens is 1. The number of halogens is 2. The van der Waals surface area contributed by atoms with Crippen LogP contribution >= 0.6 is 28.3 Å². The highest BCUT2D eigenvalue weighted by Crippen LogP contribution is 2.17. The average molecular weight is 238 g/mol. The van der Waals surface area contributed by atoms with Gasteiger partial charge in [-0.2, -0.15) is 0 Å². The molecule has 11 heavy (non-hydrogen) atoms. The van der Waals surface area contributed by atoms with Crippen LogP contribution in [0.5, 0.6) is 0 Å². The van der Waals surface area contributed by atoms with E-state index in [0.29, 0.717) is 6.54 Å². The predicted molar refractivity (Wildman–Crippen MR) is 51.8 cm³/mol. The fraction of sp³-hybridized carbons (Fsp3) is 0.286. The van der Waals surface area contributed by atoms with E-state index in [4.69, 9.17) is 5.73 Å². The standard InChI is InChI=1S/C7H9BrN2.ClH/c1-5-2-3-10-6(4-9)7(5)8;/h2-3H,4,9H2,1H3;1H. The summed E-state index contributed by atoms with van der Waals surface area (Å²) in [6, 6.07) is 1.95. The lowest BCUT2D eigenvalue weighted by Crippen LogP contribution is -2.00. The molecule has 62 valence electrons. The minimum atomic E-state index is 0. The fourth-order valence-electron chi connectivity index (χ4n) is 0.739. The third-order valence-corrected chi connectivity index (χ3v) is 2.43. The molecule has 0 bridgehead atoms. The minimum absolute atomic E-state index is 0. The zero-order valence-electron chi connectivity index (χ0n) is 6.17. The molecule has 1 aromatic heterocycles. The van der Waals surface area contributed by atoms with Crippen molar-refractivity contribution in [1.29, 1.82) is 0 Å². The first-order valence-corrected chi connectivity index (χ1v) is 3.85. The smallest absolute Gasteiger partial charge is 0.0683 e. The van der Waals surface area contributed by atoms with Gasteiger partial charge in [0.05, 0.1) is 5.69 Å². The Kier molecular flexibility index (Phi) is 4.65. The normalized spacial score (nSPS) is 9.00. The molecular formula is C7H10BrClN2. The van der Waals surface area contributed by atoms with Gasteiger partial charge >= 0.3 is 0 Å². The third kappa shape index (κ3) is 2.43. The largest absolute Gasteiger partial charge is 0.325 e.